The molecule has 0 amide bonds. The molecule has 208 valence electrons. The molecule has 3 heterocycles. The molecule has 11 rings (SSSR count). The van der Waals surface area contributed by atoms with E-state index in [1.807, 2.05) is 0 Å². The minimum Gasteiger partial charge on any atom is -0.309 e. The van der Waals surface area contributed by atoms with Crippen molar-refractivity contribution in [2.75, 3.05) is 0 Å². The van der Waals surface area contributed by atoms with Crippen LogP contribution in [0.4, 0.5) is 0 Å². The number of nitrogens with zero attached hydrogens (tertiary/aromatic N) is 2. The van der Waals surface area contributed by atoms with Crippen molar-refractivity contribution in [3.8, 4) is 27.9 Å². The molecule has 0 atom stereocenters. The van der Waals surface area contributed by atoms with Crippen LogP contribution in [0.2, 0.25) is 0 Å². The van der Waals surface area contributed by atoms with Gasteiger partial charge in [-0.05, 0) is 76.2 Å². The van der Waals surface area contributed by atoms with Gasteiger partial charge in [0.1, 0.15) is 0 Å². The van der Waals surface area contributed by atoms with Gasteiger partial charge in [0, 0.05) is 38.0 Å². The van der Waals surface area contributed by atoms with E-state index in [1.54, 1.807) is 0 Å². The monoisotopic (exact) mass is 570 g/mol. The first-order chi connectivity index (χ1) is 22.3. The predicted molar refractivity (Wildman–Crippen MR) is 189 cm³/mol. The summed E-state index contributed by atoms with van der Waals surface area (Å²) in [7, 11) is 0. The van der Waals surface area contributed by atoms with E-state index in [1.165, 1.54) is 99.0 Å². The molecule has 0 unspecified atom stereocenters. The van der Waals surface area contributed by atoms with Crippen molar-refractivity contribution in [3.05, 3.63) is 157 Å². The van der Waals surface area contributed by atoms with Crippen LogP contribution < -0.4 is 0 Å². The number of aromatic nitrogens is 2. The van der Waals surface area contributed by atoms with Gasteiger partial charge < -0.3 is 8.97 Å². The van der Waals surface area contributed by atoms with Crippen molar-refractivity contribution in [2.45, 2.75) is 6.42 Å². The first-order valence-corrected chi connectivity index (χ1v) is 15.7. The van der Waals surface area contributed by atoms with E-state index in [0.717, 1.165) is 6.42 Å². The number of benzene rings is 7. The van der Waals surface area contributed by atoms with Crippen molar-refractivity contribution in [2.24, 2.45) is 0 Å². The smallest absolute Gasteiger partial charge is 0.0620 e. The summed E-state index contributed by atoms with van der Waals surface area (Å²) in [4.78, 5) is 0. The van der Waals surface area contributed by atoms with Crippen LogP contribution in [0.1, 0.15) is 11.1 Å². The van der Waals surface area contributed by atoms with Crippen LogP contribution in [0.25, 0.3) is 87.8 Å². The zero-order chi connectivity index (χ0) is 29.2. The Morgan fingerprint density at radius 3 is 1.80 bits per heavy atom. The van der Waals surface area contributed by atoms with Crippen LogP contribution in [0.15, 0.2) is 146 Å². The Morgan fingerprint density at radius 2 is 0.978 bits per heavy atom. The van der Waals surface area contributed by atoms with Crippen molar-refractivity contribution in [1.29, 1.82) is 0 Å². The first-order valence-electron chi connectivity index (χ1n) is 15.7. The quantitative estimate of drug-likeness (QED) is 0.196. The summed E-state index contributed by atoms with van der Waals surface area (Å²) in [5.74, 6) is 0. The van der Waals surface area contributed by atoms with Gasteiger partial charge in [0.05, 0.1) is 27.6 Å². The van der Waals surface area contributed by atoms with Crippen molar-refractivity contribution < 1.29 is 0 Å². The highest BCUT2D eigenvalue weighted by Gasteiger charge is 2.21. The van der Waals surface area contributed by atoms with Gasteiger partial charge in [0.2, 0.25) is 0 Å². The molecule has 1 aliphatic carbocycles. The number of fused-ring (bicyclic) bond motifs is 12. The summed E-state index contributed by atoms with van der Waals surface area (Å²) < 4.78 is 4.93. The molecule has 0 spiro atoms. The van der Waals surface area contributed by atoms with Gasteiger partial charge in [0.15, 0.2) is 0 Å². The summed E-state index contributed by atoms with van der Waals surface area (Å²) in [5.41, 5.74) is 15.5. The molecule has 0 saturated carbocycles. The minimum absolute atomic E-state index is 1.01. The maximum Gasteiger partial charge on any atom is 0.0620 e. The van der Waals surface area contributed by atoms with Gasteiger partial charge in [0.25, 0.3) is 0 Å². The molecule has 45 heavy (non-hydrogen) atoms. The Bertz CT molecular complexity index is 2840. The third kappa shape index (κ3) is 3.03. The summed E-state index contributed by atoms with van der Waals surface area (Å²) in [5, 5.41) is 7.82. The van der Waals surface area contributed by atoms with Crippen LogP contribution in [0, 0.1) is 0 Å². The normalized spacial score (nSPS) is 12.8. The third-order valence-corrected chi connectivity index (χ3v) is 10.3. The Kier molecular flexibility index (Phi) is 4.40. The molecule has 0 fully saturated rings. The van der Waals surface area contributed by atoms with Gasteiger partial charge in [-0.3, -0.25) is 0 Å². The Morgan fingerprint density at radius 1 is 0.378 bits per heavy atom. The number of hydrogen-bond acceptors (Lipinski definition) is 0. The summed E-state index contributed by atoms with van der Waals surface area (Å²) >= 11 is 0. The van der Waals surface area contributed by atoms with E-state index in [9.17, 15) is 0 Å². The predicted octanol–water partition coefficient (Wildman–Crippen LogP) is 11.2. The standard InChI is InChI=1S/C43H26N2/c1-2-9-31-28(8-1)22-29-16-19-30(25-38(29)31)44-39-14-5-3-10-32(39)34-20-17-26(23-41(34)44)27-18-21-35-37-13-7-12-36-33-11-4-6-15-40(33)45(43(36)37)42(35)24-27/h1-21,23-25H,22H2. The maximum absolute atomic E-state index is 2.47. The molecular weight excluding hydrogens is 544 g/mol. The van der Waals surface area contributed by atoms with Gasteiger partial charge in [-0.25, -0.2) is 0 Å². The number of hydrogen-bond donors (Lipinski definition) is 0. The molecule has 10 aromatic rings. The second-order valence-corrected chi connectivity index (χ2v) is 12.5. The molecule has 7 aromatic carbocycles. The molecule has 0 N–H and O–H groups in total. The molecule has 3 aromatic heterocycles. The van der Waals surface area contributed by atoms with Gasteiger partial charge >= 0.3 is 0 Å². The highest BCUT2D eigenvalue weighted by Crippen LogP contribution is 2.42. The van der Waals surface area contributed by atoms with Gasteiger partial charge in [-0.15, -0.1) is 0 Å². The lowest BCUT2D eigenvalue weighted by Gasteiger charge is -2.11. The number of para-hydroxylation sites is 3. The fraction of sp³-hybridized carbons (Fsp3) is 0.0233. The zero-order valence-electron chi connectivity index (χ0n) is 24.5. The first kappa shape index (κ1) is 23.6. The van der Waals surface area contributed by atoms with Gasteiger partial charge in [-0.2, -0.15) is 0 Å². The highest BCUT2D eigenvalue weighted by atomic mass is 15.0. The van der Waals surface area contributed by atoms with Crippen molar-refractivity contribution in [3.63, 3.8) is 0 Å². The summed E-state index contributed by atoms with van der Waals surface area (Å²) in [6.45, 7) is 0. The van der Waals surface area contributed by atoms with Crippen LogP contribution in [-0.2, 0) is 6.42 Å². The lowest BCUT2D eigenvalue weighted by Crippen LogP contribution is -1.95. The minimum atomic E-state index is 1.01. The molecule has 0 aliphatic heterocycles. The lowest BCUT2D eigenvalue weighted by atomic mass is 10.0. The lowest BCUT2D eigenvalue weighted by molar-refractivity contribution is 1.17. The van der Waals surface area contributed by atoms with E-state index >= 15 is 0 Å². The Labute approximate surface area is 259 Å². The molecule has 1 aliphatic rings. The largest absolute Gasteiger partial charge is 0.309 e. The van der Waals surface area contributed by atoms with E-state index in [0.29, 0.717) is 0 Å². The summed E-state index contributed by atoms with van der Waals surface area (Å²) in [6.07, 6.45) is 1.01. The maximum atomic E-state index is 2.47. The molecule has 0 radical (unpaired) electrons. The van der Waals surface area contributed by atoms with Crippen LogP contribution in [-0.4, -0.2) is 8.97 Å². The van der Waals surface area contributed by atoms with Crippen LogP contribution >= 0.6 is 0 Å². The van der Waals surface area contributed by atoms with E-state index < -0.39 is 0 Å². The van der Waals surface area contributed by atoms with Crippen molar-refractivity contribution in [1.82, 2.24) is 8.97 Å². The fourth-order valence-electron chi connectivity index (χ4n) is 8.29. The topological polar surface area (TPSA) is 9.34 Å². The molecule has 2 heteroatoms. The number of rotatable bonds is 2. The molecular formula is C43H26N2. The molecule has 0 bridgehead atoms. The summed E-state index contributed by atoms with van der Waals surface area (Å²) in [6, 6.07) is 54.2. The Hall–Kier alpha value is -5.86. The van der Waals surface area contributed by atoms with E-state index in [4.69, 9.17) is 0 Å². The molecule has 0 saturated heterocycles. The third-order valence-electron chi connectivity index (χ3n) is 10.3. The average molecular weight is 571 g/mol. The second-order valence-electron chi connectivity index (χ2n) is 12.5. The average Bonchev–Trinajstić information content (AvgIpc) is 3.83. The Balaban J connectivity index is 1.16. The molecule has 2 nitrogen and oxygen atoms in total. The van der Waals surface area contributed by atoms with Gasteiger partial charge in [-0.1, -0.05) is 109 Å². The van der Waals surface area contributed by atoms with E-state index in [-0.39, 0.29) is 0 Å². The fourth-order valence-corrected chi connectivity index (χ4v) is 8.29. The van der Waals surface area contributed by atoms with Crippen LogP contribution in [0.5, 0.6) is 0 Å². The zero-order valence-corrected chi connectivity index (χ0v) is 24.5. The van der Waals surface area contributed by atoms with Crippen molar-refractivity contribution >= 4 is 59.9 Å². The highest BCUT2D eigenvalue weighted by molar-refractivity contribution is 6.23. The van der Waals surface area contributed by atoms with Crippen LogP contribution in [0.3, 0.4) is 0 Å². The SMILES string of the molecule is c1ccc2c(c1)Cc1ccc(-n3c4ccccc4c4ccc(-c5ccc6c7cccc8c9ccccc9n(c6c5)c87)cc43)cc1-2. The van der Waals surface area contributed by atoms with E-state index in [2.05, 4.69) is 155 Å². The second kappa shape index (κ2) is 8.40.